The first-order chi connectivity index (χ1) is 10.1. The van der Waals surface area contributed by atoms with E-state index < -0.39 is 5.97 Å². The Morgan fingerprint density at radius 2 is 1.76 bits per heavy atom. The number of carboxylic acids is 1. The van der Waals surface area contributed by atoms with Crippen molar-refractivity contribution in [2.45, 2.75) is 19.3 Å². The predicted octanol–water partition coefficient (Wildman–Crippen LogP) is 2.43. The zero-order valence-electron chi connectivity index (χ0n) is 11.9. The van der Waals surface area contributed by atoms with Gasteiger partial charge >= 0.3 is 5.97 Å². The lowest BCUT2D eigenvalue weighted by Crippen LogP contribution is -2.29. The van der Waals surface area contributed by atoms with Gasteiger partial charge in [0.15, 0.2) is 0 Å². The van der Waals surface area contributed by atoms with Crippen molar-refractivity contribution < 1.29 is 14.7 Å². The van der Waals surface area contributed by atoms with Crippen LogP contribution >= 0.6 is 11.8 Å². The molecule has 1 fully saturated rings. The Morgan fingerprint density at radius 3 is 2.38 bits per heavy atom. The first-order valence-electron chi connectivity index (χ1n) is 7.09. The number of hydrogen-bond donors (Lipinski definition) is 2. The van der Waals surface area contributed by atoms with Gasteiger partial charge in [-0.05, 0) is 43.5 Å². The summed E-state index contributed by atoms with van der Waals surface area (Å²) in [6.07, 6.45) is 3.78. The highest BCUT2D eigenvalue weighted by molar-refractivity contribution is 8.00. The molecule has 114 valence electrons. The van der Waals surface area contributed by atoms with Gasteiger partial charge in [0.05, 0.1) is 11.5 Å². The van der Waals surface area contributed by atoms with Crippen LogP contribution in [-0.4, -0.2) is 41.6 Å². The van der Waals surface area contributed by atoms with E-state index in [4.69, 9.17) is 5.11 Å². The lowest BCUT2D eigenvalue weighted by atomic mass is 10.1. The highest BCUT2D eigenvalue weighted by Gasteiger charge is 2.11. The number of anilines is 2. The van der Waals surface area contributed by atoms with E-state index in [-0.39, 0.29) is 17.4 Å². The summed E-state index contributed by atoms with van der Waals surface area (Å²) in [5, 5.41) is 11.3. The number of nitrogens with one attached hydrogen (secondary N) is 1. The van der Waals surface area contributed by atoms with Crippen molar-refractivity contribution in [1.82, 2.24) is 0 Å². The molecule has 1 heterocycles. The van der Waals surface area contributed by atoms with Gasteiger partial charge in [-0.2, -0.15) is 0 Å². The molecule has 6 heteroatoms. The van der Waals surface area contributed by atoms with Crippen LogP contribution in [0.1, 0.15) is 19.3 Å². The second kappa shape index (κ2) is 7.93. The second-order valence-corrected chi connectivity index (χ2v) is 6.01. The molecule has 5 nitrogen and oxygen atoms in total. The smallest absolute Gasteiger partial charge is 0.313 e. The lowest BCUT2D eigenvalue weighted by molar-refractivity contribution is -0.133. The number of thioether (sulfide) groups is 1. The van der Waals surface area contributed by atoms with Gasteiger partial charge in [0.2, 0.25) is 5.91 Å². The molecule has 0 bridgehead atoms. The summed E-state index contributed by atoms with van der Waals surface area (Å²) >= 11 is 1.09. The number of rotatable bonds is 6. The van der Waals surface area contributed by atoms with E-state index in [9.17, 15) is 9.59 Å². The first kappa shape index (κ1) is 15.7. The van der Waals surface area contributed by atoms with E-state index in [1.165, 1.54) is 24.9 Å². The number of piperidine rings is 1. The van der Waals surface area contributed by atoms with Gasteiger partial charge < -0.3 is 15.3 Å². The maximum absolute atomic E-state index is 11.6. The Kier molecular flexibility index (Phi) is 5.92. The van der Waals surface area contributed by atoms with Crippen LogP contribution in [0.25, 0.3) is 0 Å². The van der Waals surface area contributed by atoms with Crippen molar-refractivity contribution in [3.05, 3.63) is 24.3 Å². The minimum Gasteiger partial charge on any atom is -0.481 e. The molecule has 0 radical (unpaired) electrons. The summed E-state index contributed by atoms with van der Waals surface area (Å²) in [5.74, 6) is -0.979. The molecule has 1 aliphatic heterocycles. The summed E-state index contributed by atoms with van der Waals surface area (Å²) in [4.78, 5) is 24.4. The zero-order valence-corrected chi connectivity index (χ0v) is 12.7. The van der Waals surface area contributed by atoms with Crippen LogP contribution in [-0.2, 0) is 9.59 Å². The minimum absolute atomic E-state index is 0.0542. The largest absolute Gasteiger partial charge is 0.481 e. The summed E-state index contributed by atoms with van der Waals surface area (Å²) in [6, 6.07) is 7.82. The van der Waals surface area contributed by atoms with Gasteiger partial charge in [-0.15, -0.1) is 11.8 Å². The van der Waals surface area contributed by atoms with E-state index in [2.05, 4.69) is 10.2 Å². The molecule has 1 aromatic rings. The number of carboxylic acid groups (broad SMARTS) is 1. The second-order valence-electron chi connectivity index (χ2n) is 5.03. The van der Waals surface area contributed by atoms with Gasteiger partial charge in [0, 0.05) is 24.5 Å². The van der Waals surface area contributed by atoms with Gasteiger partial charge in [-0.25, -0.2) is 0 Å². The van der Waals surface area contributed by atoms with Crippen molar-refractivity contribution in [1.29, 1.82) is 0 Å². The minimum atomic E-state index is -0.904. The van der Waals surface area contributed by atoms with Gasteiger partial charge in [-0.1, -0.05) is 0 Å². The zero-order chi connectivity index (χ0) is 15.1. The Morgan fingerprint density at radius 1 is 1.10 bits per heavy atom. The number of amides is 1. The van der Waals surface area contributed by atoms with Crippen LogP contribution in [0.15, 0.2) is 24.3 Å². The van der Waals surface area contributed by atoms with Crippen molar-refractivity contribution in [3.63, 3.8) is 0 Å². The summed E-state index contributed by atoms with van der Waals surface area (Å²) in [6.45, 7) is 2.19. The number of nitrogens with zero attached hydrogens (tertiary/aromatic N) is 1. The highest BCUT2D eigenvalue weighted by atomic mass is 32.2. The maximum atomic E-state index is 11.6. The maximum Gasteiger partial charge on any atom is 0.313 e. The third-order valence-electron chi connectivity index (χ3n) is 3.33. The third kappa shape index (κ3) is 5.30. The molecule has 0 aliphatic carbocycles. The molecule has 0 unspecified atom stereocenters. The molecule has 1 amide bonds. The summed E-state index contributed by atoms with van der Waals surface area (Å²) in [5.41, 5.74) is 1.93. The third-order valence-corrected chi connectivity index (χ3v) is 4.25. The molecule has 0 atom stereocenters. The van der Waals surface area contributed by atoms with Crippen LogP contribution in [0.4, 0.5) is 11.4 Å². The molecule has 0 saturated carbocycles. The molecule has 2 N–H and O–H groups in total. The van der Waals surface area contributed by atoms with Crippen LogP contribution in [0.2, 0.25) is 0 Å². The van der Waals surface area contributed by atoms with Crippen LogP contribution in [0.3, 0.4) is 0 Å². The monoisotopic (exact) mass is 308 g/mol. The number of hydrogen-bond acceptors (Lipinski definition) is 4. The van der Waals surface area contributed by atoms with E-state index in [1.54, 1.807) is 0 Å². The first-order valence-corrected chi connectivity index (χ1v) is 8.25. The predicted molar refractivity (Wildman–Crippen MR) is 86.1 cm³/mol. The number of carbonyl (C=O) groups excluding carboxylic acids is 1. The molecule has 1 aromatic carbocycles. The average Bonchev–Trinajstić information content (AvgIpc) is 2.48. The summed E-state index contributed by atoms with van der Waals surface area (Å²) in [7, 11) is 0. The van der Waals surface area contributed by atoms with E-state index in [0.717, 1.165) is 30.5 Å². The van der Waals surface area contributed by atoms with E-state index in [1.807, 2.05) is 24.3 Å². The number of benzene rings is 1. The molecular weight excluding hydrogens is 288 g/mol. The fourth-order valence-electron chi connectivity index (χ4n) is 2.34. The molecule has 0 aromatic heterocycles. The highest BCUT2D eigenvalue weighted by Crippen LogP contribution is 2.21. The molecule has 0 spiro atoms. The average molecular weight is 308 g/mol. The standard InChI is InChI=1S/C15H20N2O3S/c18-14(10-21-11-15(19)20)16-12-4-6-13(7-5-12)17-8-2-1-3-9-17/h4-7H,1-3,8-11H2,(H,16,18)(H,19,20). The molecular formula is C15H20N2O3S. The Hall–Kier alpha value is -1.69. The van der Waals surface area contributed by atoms with Crippen molar-refractivity contribution in [3.8, 4) is 0 Å². The van der Waals surface area contributed by atoms with Crippen LogP contribution in [0, 0.1) is 0 Å². The Balaban J connectivity index is 1.81. The SMILES string of the molecule is O=C(O)CSCC(=O)Nc1ccc(N2CCCCC2)cc1. The molecule has 1 saturated heterocycles. The fourth-order valence-corrected chi connectivity index (χ4v) is 2.87. The molecule has 21 heavy (non-hydrogen) atoms. The van der Waals surface area contributed by atoms with Gasteiger partial charge in [0.1, 0.15) is 0 Å². The van der Waals surface area contributed by atoms with Crippen LogP contribution in [0.5, 0.6) is 0 Å². The molecule has 2 rings (SSSR count). The van der Waals surface area contributed by atoms with Crippen molar-refractivity contribution in [2.24, 2.45) is 0 Å². The van der Waals surface area contributed by atoms with E-state index in [0.29, 0.717) is 0 Å². The van der Waals surface area contributed by atoms with E-state index >= 15 is 0 Å². The van der Waals surface area contributed by atoms with Crippen molar-refractivity contribution in [2.75, 3.05) is 34.8 Å². The fraction of sp³-hybridized carbons (Fsp3) is 0.467. The normalized spacial score (nSPS) is 14.8. The number of aliphatic carboxylic acids is 1. The van der Waals surface area contributed by atoms with Crippen LogP contribution < -0.4 is 10.2 Å². The van der Waals surface area contributed by atoms with Crippen molar-refractivity contribution >= 4 is 35.0 Å². The lowest BCUT2D eigenvalue weighted by Gasteiger charge is -2.28. The number of carbonyl (C=O) groups is 2. The Labute approximate surface area is 128 Å². The Bertz CT molecular complexity index is 484. The van der Waals surface area contributed by atoms with Gasteiger partial charge in [0.25, 0.3) is 0 Å². The topological polar surface area (TPSA) is 69.6 Å². The van der Waals surface area contributed by atoms with Gasteiger partial charge in [-0.3, -0.25) is 9.59 Å². The summed E-state index contributed by atoms with van der Waals surface area (Å²) < 4.78 is 0. The quantitative estimate of drug-likeness (QED) is 0.844. The molecule has 1 aliphatic rings.